The van der Waals surface area contributed by atoms with Crippen molar-refractivity contribution in [3.05, 3.63) is 29.6 Å². The van der Waals surface area contributed by atoms with Gasteiger partial charge in [-0.25, -0.2) is 13.4 Å². The molecule has 0 bridgehead atoms. The van der Waals surface area contributed by atoms with Gasteiger partial charge in [0, 0.05) is 25.2 Å². The number of fused-ring (bicyclic) bond motifs is 1. The molecule has 1 aliphatic heterocycles. The Morgan fingerprint density at radius 1 is 1.22 bits per heavy atom. The summed E-state index contributed by atoms with van der Waals surface area (Å²) in [5.41, 5.74) is 2.72. The predicted molar refractivity (Wildman–Crippen MR) is 110 cm³/mol. The van der Waals surface area contributed by atoms with Gasteiger partial charge in [-0.1, -0.05) is 26.8 Å². The molecule has 0 saturated carbocycles. The first-order valence-electron chi connectivity index (χ1n) is 9.87. The van der Waals surface area contributed by atoms with Gasteiger partial charge in [0.25, 0.3) is 0 Å². The molecule has 3 rings (SSSR count). The van der Waals surface area contributed by atoms with Crippen LogP contribution in [0.1, 0.15) is 58.8 Å². The van der Waals surface area contributed by atoms with Crippen LogP contribution in [-0.2, 0) is 32.3 Å². The average Bonchev–Trinajstić information content (AvgIpc) is 2.93. The topological polar surface area (TPSA) is 61.2 Å². The van der Waals surface area contributed by atoms with Crippen LogP contribution in [0.4, 0.5) is 0 Å². The van der Waals surface area contributed by atoms with Gasteiger partial charge in [-0.2, -0.15) is 0 Å². The second-order valence-corrected chi connectivity index (χ2v) is 11.6. The lowest BCUT2D eigenvalue weighted by molar-refractivity contribution is 0.0611. The molecule has 27 heavy (non-hydrogen) atoms. The molecule has 150 valence electrons. The van der Waals surface area contributed by atoms with Gasteiger partial charge >= 0.3 is 0 Å². The molecule has 2 heterocycles. The molecule has 1 fully saturated rings. The first-order chi connectivity index (χ1) is 12.6. The monoisotopic (exact) mass is 392 g/mol. The minimum absolute atomic E-state index is 0.0677. The molecule has 1 aromatic heterocycles. The van der Waals surface area contributed by atoms with Gasteiger partial charge in [0.05, 0.1) is 22.0 Å². The van der Waals surface area contributed by atoms with E-state index in [4.69, 9.17) is 9.72 Å². The van der Waals surface area contributed by atoms with Gasteiger partial charge in [0.2, 0.25) is 0 Å². The van der Waals surface area contributed by atoms with Crippen LogP contribution in [-0.4, -0.2) is 36.4 Å². The zero-order valence-electron chi connectivity index (χ0n) is 17.2. The smallest absolute Gasteiger partial charge is 0.156 e. The van der Waals surface area contributed by atoms with Crippen LogP contribution in [0.5, 0.6) is 0 Å². The highest BCUT2D eigenvalue weighted by Gasteiger charge is 2.26. The summed E-state index contributed by atoms with van der Waals surface area (Å²) in [6, 6.07) is 5.93. The van der Waals surface area contributed by atoms with Gasteiger partial charge in [-0.3, -0.25) is 0 Å². The molecule has 5 nitrogen and oxygen atoms in total. The largest absolute Gasteiger partial charge is 0.381 e. The van der Waals surface area contributed by atoms with Crippen molar-refractivity contribution in [3.8, 4) is 0 Å². The Balaban J connectivity index is 2.00. The van der Waals surface area contributed by atoms with E-state index >= 15 is 0 Å². The Kier molecular flexibility index (Phi) is 5.69. The minimum Gasteiger partial charge on any atom is -0.381 e. The molecule has 6 heteroatoms. The van der Waals surface area contributed by atoms with Crippen molar-refractivity contribution >= 4 is 20.9 Å². The zero-order valence-corrected chi connectivity index (χ0v) is 18.0. The summed E-state index contributed by atoms with van der Waals surface area (Å²) in [4.78, 5) is 4.92. The van der Waals surface area contributed by atoms with Crippen LogP contribution in [0.25, 0.3) is 11.0 Å². The van der Waals surface area contributed by atoms with Crippen LogP contribution in [0.15, 0.2) is 18.2 Å². The van der Waals surface area contributed by atoms with Crippen molar-refractivity contribution in [2.75, 3.05) is 13.2 Å². The summed E-state index contributed by atoms with van der Waals surface area (Å²) >= 11 is 0. The quantitative estimate of drug-likeness (QED) is 0.769. The van der Waals surface area contributed by atoms with E-state index in [9.17, 15) is 8.42 Å². The zero-order chi connectivity index (χ0) is 19.8. The second kappa shape index (κ2) is 7.55. The molecule has 0 aliphatic carbocycles. The number of nitrogens with zero attached hydrogens (tertiary/aromatic N) is 2. The van der Waals surface area contributed by atoms with Crippen molar-refractivity contribution in [1.29, 1.82) is 0 Å². The molecule has 0 radical (unpaired) electrons. The molecule has 0 amide bonds. The second-order valence-electron chi connectivity index (χ2n) is 9.03. The fraction of sp³-hybridized carbons (Fsp3) is 0.667. The summed E-state index contributed by atoms with van der Waals surface area (Å²) in [7, 11) is -3.12. The maximum absolute atomic E-state index is 12.3. The lowest BCUT2D eigenvalue weighted by Crippen LogP contribution is -2.25. The Morgan fingerprint density at radius 3 is 2.48 bits per heavy atom. The van der Waals surface area contributed by atoms with Crippen LogP contribution < -0.4 is 0 Å². The molecule has 0 spiro atoms. The fourth-order valence-corrected chi connectivity index (χ4v) is 4.59. The van der Waals surface area contributed by atoms with Crippen molar-refractivity contribution in [2.45, 2.75) is 70.4 Å². The van der Waals surface area contributed by atoms with E-state index in [-0.39, 0.29) is 16.4 Å². The molecule has 1 saturated heterocycles. The molecule has 2 aromatic rings. The fourth-order valence-electron chi connectivity index (χ4n) is 3.61. The Hall–Kier alpha value is -1.40. The summed E-state index contributed by atoms with van der Waals surface area (Å²) in [6.07, 6.45) is 2.15. The molecule has 0 atom stereocenters. The maximum atomic E-state index is 12.3. The molecular weight excluding hydrogens is 360 g/mol. The highest BCUT2D eigenvalue weighted by Crippen LogP contribution is 2.30. The SMILES string of the molecule is CC(C)S(=O)(=O)Cc1ccc2c(c1)nc(C(C)(C)C)n2CC1CCOCC1. The number of aromatic nitrogens is 2. The van der Waals surface area contributed by atoms with E-state index < -0.39 is 9.84 Å². The summed E-state index contributed by atoms with van der Waals surface area (Å²) in [5, 5.41) is -0.371. The maximum Gasteiger partial charge on any atom is 0.156 e. The summed E-state index contributed by atoms with van der Waals surface area (Å²) in [6.45, 7) is 12.6. The highest BCUT2D eigenvalue weighted by molar-refractivity contribution is 7.91. The van der Waals surface area contributed by atoms with Crippen molar-refractivity contribution in [2.24, 2.45) is 5.92 Å². The molecule has 1 aromatic carbocycles. The van der Waals surface area contributed by atoms with E-state index in [1.807, 2.05) is 18.2 Å². The number of benzene rings is 1. The molecular formula is C21H32N2O3S. The van der Waals surface area contributed by atoms with Gasteiger partial charge in [0.1, 0.15) is 5.82 Å². The van der Waals surface area contributed by atoms with Gasteiger partial charge in [-0.05, 0) is 50.3 Å². The number of ether oxygens (including phenoxy) is 1. The minimum atomic E-state index is -3.12. The van der Waals surface area contributed by atoms with E-state index in [0.29, 0.717) is 5.92 Å². The third-order valence-electron chi connectivity index (χ3n) is 5.35. The van der Waals surface area contributed by atoms with Crippen LogP contribution in [0.2, 0.25) is 0 Å². The van der Waals surface area contributed by atoms with Crippen molar-refractivity contribution in [3.63, 3.8) is 0 Å². The van der Waals surface area contributed by atoms with E-state index in [1.54, 1.807) is 13.8 Å². The number of sulfone groups is 1. The standard InChI is InChI=1S/C21H32N2O3S/c1-15(2)27(24,25)14-17-6-7-19-18(12-17)22-20(21(3,4)5)23(19)13-16-8-10-26-11-9-16/h6-7,12,15-16H,8-11,13-14H2,1-5H3. The lowest BCUT2D eigenvalue weighted by atomic mass is 9.94. The summed E-state index contributed by atoms with van der Waals surface area (Å²) < 4.78 is 32.4. The third-order valence-corrected chi connectivity index (χ3v) is 7.52. The summed E-state index contributed by atoms with van der Waals surface area (Å²) in [5.74, 6) is 1.73. The number of imidazole rings is 1. The predicted octanol–water partition coefficient (Wildman–Crippen LogP) is 4.08. The number of hydrogen-bond acceptors (Lipinski definition) is 4. The van der Waals surface area contributed by atoms with Crippen molar-refractivity contribution < 1.29 is 13.2 Å². The van der Waals surface area contributed by atoms with Crippen LogP contribution in [0, 0.1) is 5.92 Å². The Bertz CT molecular complexity index is 901. The van der Waals surface area contributed by atoms with E-state index in [1.165, 1.54) is 0 Å². The van der Waals surface area contributed by atoms with E-state index in [0.717, 1.165) is 55.0 Å². The first kappa shape index (κ1) is 20.3. The Labute approximate surface area is 163 Å². The van der Waals surface area contributed by atoms with Gasteiger partial charge < -0.3 is 9.30 Å². The van der Waals surface area contributed by atoms with Gasteiger partial charge in [-0.15, -0.1) is 0 Å². The van der Waals surface area contributed by atoms with Gasteiger partial charge in [0.15, 0.2) is 9.84 Å². The lowest BCUT2D eigenvalue weighted by Gasteiger charge is -2.26. The molecule has 0 N–H and O–H groups in total. The number of hydrogen-bond donors (Lipinski definition) is 0. The Morgan fingerprint density at radius 2 is 1.89 bits per heavy atom. The molecule has 0 unspecified atom stereocenters. The number of rotatable bonds is 5. The normalized spacial score (nSPS) is 17.1. The average molecular weight is 393 g/mol. The first-order valence-corrected chi connectivity index (χ1v) is 11.6. The van der Waals surface area contributed by atoms with Crippen LogP contribution >= 0.6 is 0 Å². The van der Waals surface area contributed by atoms with E-state index in [2.05, 4.69) is 25.3 Å². The molecule has 1 aliphatic rings. The van der Waals surface area contributed by atoms with Crippen LogP contribution in [0.3, 0.4) is 0 Å². The third kappa shape index (κ3) is 4.54. The highest BCUT2D eigenvalue weighted by atomic mass is 32.2. The van der Waals surface area contributed by atoms with Crippen molar-refractivity contribution in [1.82, 2.24) is 9.55 Å².